The average Bonchev–Trinajstić information content (AvgIpc) is 3.40. The predicted molar refractivity (Wildman–Crippen MR) is 104 cm³/mol. The van der Waals surface area contributed by atoms with Crippen molar-refractivity contribution in [3.63, 3.8) is 0 Å². The summed E-state index contributed by atoms with van der Waals surface area (Å²) in [6.07, 6.45) is 6.13. The number of rotatable bonds is 5. The lowest BCUT2D eigenvalue weighted by atomic mass is 10.1. The zero-order chi connectivity index (χ0) is 18.6. The van der Waals surface area contributed by atoms with E-state index in [4.69, 9.17) is 9.15 Å². The Balaban J connectivity index is 1.62. The van der Waals surface area contributed by atoms with Crippen LogP contribution in [0.5, 0.6) is 5.75 Å². The molecule has 0 bridgehead atoms. The molecular formula is C22H22N2O3. The Kier molecular flexibility index (Phi) is 4.92. The molecule has 4 rings (SSSR count). The van der Waals surface area contributed by atoms with Gasteiger partial charge in [-0.1, -0.05) is 37.1 Å². The van der Waals surface area contributed by atoms with Crippen LogP contribution in [0.25, 0.3) is 22.8 Å². The second kappa shape index (κ2) is 7.66. The number of ether oxygens (including phenoxy) is 1. The third kappa shape index (κ3) is 3.72. The Labute approximate surface area is 158 Å². The number of hydrogen-bond acceptors (Lipinski definition) is 4. The third-order valence-electron chi connectivity index (χ3n) is 4.95. The van der Waals surface area contributed by atoms with Gasteiger partial charge in [0, 0.05) is 17.2 Å². The van der Waals surface area contributed by atoms with E-state index in [9.17, 15) is 4.79 Å². The maximum atomic E-state index is 12.8. The molecule has 0 saturated heterocycles. The van der Waals surface area contributed by atoms with Gasteiger partial charge in [-0.05, 0) is 37.1 Å². The topological polar surface area (TPSA) is 64.4 Å². The van der Waals surface area contributed by atoms with Crippen LogP contribution in [0.2, 0.25) is 0 Å². The first kappa shape index (κ1) is 17.3. The molecule has 0 aliphatic heterocycles. The monoisotopic (exact) mass is 362 g/mol. The molecule has 5 heteroatoms. The summed E-state index contributed by atoms with van der Waals surface area (Å²) in [6, 6.07) is 15.3. The van der Waals surface area contributed by atoms with Gasteiger partial charge in [0.05, 0.1) is 18.9 Å². The molecule has 138 valence electrons. The Bertz CT molecular complexity index is 942. The summed E-state index contributed by atoms with van der Waals surface area (Å²) in [7, 11) is 1.63. The van der Waals surface area contributed by atoms with E-state index in [0.717, 1.165) is 24.2 Å². The maximum Gasteiger partial charge on any atom is 0.252 e. The number of oxazole rings is 1. The summed E-state index contributed by atoms with van der Waals surface area (Å²) < 4.78 is 11.2. The molecule has 1 saturated carbocycles. The SMILES string of the molecule is COc1cccc(-c2cnc(-c3ccccc3C(=O)NC3CCCC3)o2)c1. The normalized spacial score (nSPS) is 14.3. The molecule has 5 nitrogen and oxygen atoms in total. The molecule has 1 aromatic heterocycles. The Morgan fingerprint density at radius 2 is 1.96 bits per heavy atom. The van der Waals surface area contributed by atoms with Crippen LogP contribution in [0.3, 0.4) is 0 Å². The number of amides is 1. The number of carbonyl (C=O) groups is 1. The van der Waals surface area contributed by atoms with Crippen molar-refractivity contribution in [2.45, 2.75) is 31.7 Å². The van der Waals surface area contributed by atoms with Gasteiger partial charge in [-0.15, -0.1) is 0 Å². The van der Waals surface area contributed by atoms with Gasteiger partial charge in [0.15, 0.2) is 5.76 Å². The smallest absolute Gasteiger partial charge is 0.252 e. The van der Waals surface area contributed by atoms with Crippen LogP contribution in [0.4, 0.5) is 0 Å². The molecule has 1 N–H and O–H groups in total. The standard InChI is InChI=1S/C22H22N2O3/c1-26-17-10-6-7-15(13-17)20-14-23-22(27-20)19-12-5-4-11-18(19)21(25)24-16-8-2-3-9-16/h4-7,10-14,16H,2-3,8-9H2,1H3,(H,24,25). The van der Waals surface area contributed by atoms with Gasteiger partial charge in [-0.3, -0.25) is 4.79 Å². The van der Waals surface area contributed by atoms with E-state index in [0.29, 0.717) is 22.8 Å². The van der Waals surface area contributed by atoms with Crippen LogP contribution < -0.4 is 10.1 Å². The van der Waals surface area contributed by atoms with Crippen LogP contribution >= 0.6 is 0 Å². The lowest BCUT2D eigenvalue weighted by Crippen LogP contribution is -2.32. The van der Waals surface area contributed by atoms with Crippen molar-refractivity contribution in [3.05, 3.63) is 60.3 Å². The molecule has 0 spiro atoms. The van der Waals surface area contributed by atoms with E-state index in [1.807, 2.05) is 48.5 Å². The second-order valence-electron chi connectivity index (χ2n) is 6.76. The van der Waals surface area contributed by atoms with Gasteiger partial charge < -0.3 is 14.5 Å². The van der Waals surface area contributed by atoms with Gasteiger partial charge >= 0.3 is 0 Å². The Morgan fingerprint density at radius 3 is 2.78 bits per heavy atom. The summed E-state index contributed by atoms with van der Waals surface area (Å²) in [5, 5.41) is 3.13. The zero-order valence-corrected chi connectivity index (χ0v) is 15.3. The molecule has 27 heavy (non-hydrogen) atoms. The van der Waals surface area contributed by atoms with E-state index < -0.39 is 0 Å². The van der Waals surface area contributed by atoms with Crippen LogP contribution in [0.1, 0.15) is 36.0 Å². The Morgan fingerprint density at radius 1 is 1.15 bits per heavy atom. The van der Waals surface area contributed by atoms with Crippen molar-refractivity contribution < 1.29 is 13.9 Å². The van der Waals surface area contributed by atoms with Crippen molar-refractivity contribution in [1.82, 2.24) is 10.3 Å². The summed E-state index contributed by atoms with van der Waals surface area (Å²) in [4.78, 5) is 17.2. The number of aromatic nitrogens is 1. The fraction of sp³-hybridized carbons (Fsp3) is 0.273. The summed E-state index contributed by atoms with van der Waals surface area (Å²) in [5.41, 5.74) is 2.16. The first-order valence-electron chi connectivity index (χ1n) is 9.25. The molecule has 0 atom stereocenters. The average molecular weight is 362 g/mol. The molecule has 1 fully saturated rings. The van der Waals surface area contributed by atoms with Gasteiger partial charge in [0.1, 0.15) is 5.75 Å². The minimum atomic E-state index is -0.0707. The molecule has 1 heterocycles. The fourth-order valence-corrected chi connectivity index (χ4v) is 3.51. The van der Waals surface area contributed by atoms with Crippen molar-refractivity contribution in [1.29, 1.82) is 0 Å². The van der Waals surface area contributed by atoms with Crippen LogP contribution in [0.15, 0.2) is 59.1 Å². The van der Waals surface area contributed by atoms with Gasteiger partial charge in [-0.25, -0.2) is 4.98 Å². The van der Waals surface area contributed by atoms with Gasteiger partial charge in [-0.2, -0.15) is 0 Å². The summed E-state index contributed by atoms with van der Waals surface area (Å²) in [6.45, 7) is 0. The number of methoxy groups -OCH3 is 1. The quantitative estimate of drug-likeness (QED) is 0.715. The highest BCUT2D eigenvalue weighted by atomic mass is 16.5. The van der Waals surface area contributed by atoms with Gasteiger partial charge in [0.2, 0.25) is 5.89 Å². The molecule has 1 aliphatic rings. The fourth-order valence-electron chi connectivity index (χ4n) is 3.51. The van der Waals surface area contributed by atoms with Gasteiger partial charge in [0.25, 0.3) is 5.91 Å². The molecule has 1 amide bonds. The predicted octanol–water partition coefficient (Wildman–Crippen LogP) is 4.69. The molecule has 2 aromatic carbocycles. The Hall–Kier alpha value is -3.08. The van der Waals surface area contributed by atoms with E-state index in [-0.39, 0.29) is 11.9 Å². The zero-order valence-electron chi connectivity index (χ0n) is 15.3. The second-order valence-corrected chi connectivity index (χ2v) is 6.76. The van der Waals surface area contributed by atoms with Crippen molar-refractivity contribution in [2.24, 2.45) is 0 Å². The van der Waals surface area contributed by atoms with Crippen LogP contribution in [0, 0.1) is 0 Å². The molecule has 0 unspecified atom stereocenters. The number of hydrogen-bond donors (Lipinski definition) is 1. The lowest BCUT2D eigenvalue weighted by molar-refractivity contribution is 0.0938. The molecular weight excluding hydrogens is 340 g/mol. The minimum Gasteiger partial charge on any atom is -0.497 e. The molecule has 0 radical (unpaired) electrons. The number of carbonyl (C=O) groups excluding carboxylic acids is 1. The van der Waals surface area contributed by atoms with E-state index >= 15 is 0 Å². The minimum absolute atomic E-state index is 0.0707. The first-order valence-corrected chi connectivity index (χ1v) is 9.25. The maximum absolute atomic E-state index is 12.8. The van der Waals surface area contributed by atoms with Crippen molar-refractivity contribution in [3.8, 4) is 28.5 Å². The van der Waals surface area contributed by atoms with E-state index in [1.54, 1.807) is 13.3 Å². The van der Waals surface area contributed by atoms with E-state index in [1.165, 1.54) is 12.8 Å². The highest BCUT2D eigenvalue weighted by Crippen LogP contribution is 2.30. The van der Waals surface area contributed by atoms with Crippen molar-refractivity contribution >= 4 is 5.91 Å². The highest BCUT2D eigenvalue weighted by molar-refractivity contribution is 6.00. The van der Waals surface area contributed by atoms with Crippen LogP contribution in [-0.2, 0) is 0 Å². The highest BCUT2D eigenvalue weighted by Gasteiger charge is 2.21. The molecule has 1 aliphatic carbocycles. The largest absolute Gasteiger partial charge is 0.497 e. The van der Waals surface area contributed by atoms with Crippen LogP contribution in [-0.4, -0.2) is 24.0 Å². The first-order chi connectivity index (χ1) is 13.2. The lowest BCUT2D eigenvalue weighted by Gasteiger charge is -2.13. The summed E-state index contributed by atoms with van der Waals surface area (Å²) in [5.74, 6) is 1.75. The van der Waals surface area contributed by atoms with Crippen molar-refractivity contribution in [2.75, 3.05) is 7.11 Å². The summed E-state index contributed by atoms with van der Waals surface area (Å²) >= 11 is 0. The number of benzene rings is 2. The molecule has 3 aromatic rings. The number of nitrogens with one attached hydrogen (secondary N) is 1. The number of nitrogens with zero attached hydrogens (tertiary/aromatic N) is 1. The third-order valence-corrected chi connectivity index (χ3v) is 4.95. The van der Waals surface area contributed by atoms with E-state index in [2.05, 4.69) is 10.3 Å².